The Bertz CT molecular complexity index is 143. The Balaban J connectivity index is 2.34. The van der Waals surface area contributed by atoms with E-state index in [1.807, 2.05) is 0 Å². The minimum Gasteiger partial charge on any atom is -0.0882 e. The van der Waals surface area contributed by atoms with Gasteiger partial charge in [0.15, 0.2) is 0 Å². The van der Waals surface area contributed by atoms with Crippen LogP contribution in [0.3, 0.4) is 0 Å². The van der Waals surface area contributed by atoms with Gasteiger partial charge in [0.25, 0.3) is 0 Å². The van der Waals surface area contributed by atoms with Gasteiger partial charge in [-0.25, -0.2) is 0 Å². The molecule has 1 aliphatic carbocycles. The van der Waals surface area contributed by atoms with Crippen LogP contribution in [0.1, 0.15) is 32.1 Å². The first-order valence-corrected chi connectivity index (χ1v) is 4.35. The number of hydrogen-bond acceptors (Lipinski definition) is 0. The molecule has 0 unspecified atom stereocenters. The standard InChI is InChI=1S/C11H15/c1-2-4-6-8-10-11-9-7-5-3-1/h1-2,5,10-11H,3-4,6,8-9H2/b2-1-,7-5?,11-10+. The summed E-state index contributed by atoms with van der Waals surface area (Å²) in [6.45, 7) is 0. The number of allylic oxidation sites excluding steroid dienone is 6. The summed E-state index contributed by atoms with van der Waals surface area (Å²) in [6.07, 6.45) is 20.0. The van der Waals surface area contributed by atoms with Crippen LogP contribution in [0.15, 0.2) is 30.4 Å². The van der Waals surface area contributed by atoms with Crippen LogP contribution in [0.2, 0.25) is 0 Å². The summed E-state index contributed by atoms with van der Waals surface area (Å²) in [5, 5.41) is 0. The molecule has 0 aromatic carbocycles. The Morgan fingerprint density at radius 3 is 2.64 bits per heavy atom. The molecule has 0 saturated heterocycles. The Labute approximate surface area is 69.3 Å². The number of rotatable bonds is 0. The van der Waals surface area contributed by atoms with Gasteiger partial charge in [0.2, 0.25) is 0 Å². The van der Waals surface area contributed by atoms with E-state index in [1.54, 1.807) is 0 Å². The molecule has 1 aliphatic rings. The van der Waals surface area contributed by atoms with Crippen LogP contribution in [-0.2, 0) is 0 Å². The zero-order chi connectivity index (χ0) is 7.78. The van der Waals surface area contributed by atoms with Crippen LogP contribution < -0.4 is 0 Å². The molecule has 1 radical (unpaired) electrons. The molecule has 0 atom stereocenters. The Hall–Kier alpha value is -0.780. The second-order valence-corrected chi connectivity index (χ2v) is 2.72. The lowest BCUT2D eigenvalue weighted by atomic mass is 10.2. The maximum Gasteiger partial charge on any atom is -0.00978 e. The molecule has 0 aliphatic heterocycles. The monoisotopic (exact) mass is 147 g/mol. The molecule has 0 N–H and O–H groups in total. The SMILES string of the molecule is [C]1=C\C/C=C\CCC/C=C/C/1. The lowest BCUT2D eigenvalue weighted by Crippen LogP contribution is -1.67. The highest BCUT2D eigenvalue weighted by Gasteiger charge is 1.82. The van der Waals surface area contributed by atoms with Crippen molar-refractivity contribution in [3.63, 3.8) is 0 Å². The second-order valence-electron chi connectivity index (χ2n) is 2.72. The van der Waals surface area contributed by atoms with E-state index in [4.69, 9.17) is 0 Å². The van der Waals surface area contributed by atoms with E-state index in [-0.39, 0.29) is 0 Å². The first-order valence-electron chi connectivity index (χ1n) is 4.35. The minimum absolute atomic E-state index is 0.980. The van der Waals surface area contributed by atoms with Gasteiger partial charge in [0, 0.05) is 0 Å². The summed E-state index contributed by atoms with van der Waals surface area (Å²) in [6, 6.07) is 0. The van der Waals surface area contributed by atoms with Crippen molar-refractivity contribution in [2.24, 2.45) is 0 Å². The van der Waals surface area contributed by atoms with Crippen molar-refractivity contribution < 1.29 is 0 Å². The highest BCUT2D eigenvalue weighted by molar-refractivity contribution is 4.95. The van der Waals surface area contributed by atoms with Gasteiger partial charge in [0.1, 0.15) is 0 Å². The van der Waals surface area contributed by atoms with Crippen LogP contribution in [0.5, 0.6) is 0 Å². The summed E-state index contributed by atoms with van der Waals surface area (Å²) >= 11 is 0. The molecule has 11 heavy (non-hydrogen) atoms. The van der Waals surface area contributed by atoms with E-state index < -0.39 is 0 Å². The zero-order valence-electron chi connectivity index (χ0n) is 6.92. The smallest absolute Gasteiger partial charge is 0.00978 e. The van der Waals surface area contributed by atoms with Gasteiger partial charge < -0.3 is 0 Å². The molecule has 0 saturated carbocycles. The lowest BCUT2D eigenvalue weighted by molar-refractivity contribution is 0.865. The fraction of sp³-hybridized carbons (Fsp3) is 0.455. The van der Waals surface area contributed by atoms with Crippen molar-refractivity contribution in [2.75, 3.05) is 0 Å². The van der Waals surface area contributed by atoms with Gasteiger partial charge in [-0.05, 0) is 38.2 Å². The predicted octanol–water partition coefficient (Wildman–Crippen LogP) is 3.42. The maximum absolute atomic E-state index is 3.22. The topological polar surface area (TPSA) is 0 Å². The maximum atomic E-state index is 3.22. The van der Waals surface area contributed by atoms with E-state index in [1.165, 1.54) is 19.3 Å². The normalized spacial score (nSPS) is 28.4. The van der Waals surface area contributed by atoms with Crippen molar-refractivity contribution in [3.05, 3.63) is 36.5 Å². The van der Waals surface area contributed by atoms with Crippen LogP contribution in [0, 0.1) is 6.08 Å². The molecule has 0 spiro atoms. The largest absolute Gasteiger partial charge is 0.0882 e. The van der Waals surface area contributed by atoms with E-state index in [0.29, 0.717) is 0 Å². The van der Waals surface area contributed by atoms with Gasteiger partial charge in [0.05, 0.1) is 0 Å². The third kappa shape index (κ3) is 4.60. The van der Waals surface area contributed by atoms with Gasteiger partial charge in [-0.3, -0.25) is 0 Å². The molecule has 0 aromatic heterocycles. The fourth-order valence-electron chi connectivity index (χ4n) is 1.07. The fourth-order valence-corrected chi connectivity index (χ4v) is 1.07. The Morgan fingerprint density at radius 1 is 0.909 bits per heavy atom. The Kier molecular flexibility index (Phi) is 4.51. The molecule has 0 bridgehead atoms. The van der Waals surface area contributed by atoms with Crippen LogP contribution in [-0.4, -0.2) is 0 Å². The first-order chi connectivity index (χ1) is 5.50. The third-order valence-electron chi connectivity index (χ3n) is 1.71. The molecular formula is C11H15. The molecule has 1 rings (SSSR count). The molecule has 0 aromatic rings. The molecule has 0 amide bonds. The summed E-state index contributed by atoms with van der Waals surface area (Å²) in [5.41, 5.74) is 0. The van der Waals surface area contributed by atoms with Crippen LogP contribution >= 0.6 is 0 Å². The average Bonchev–Trinajstić information content (AvgIpc) is 2.08. The molecule has 0 fully saturated rings. The quantitative estimate of drug-likeness (QED) is 0.460. The van der Waals surface area contributed by atoms with E-state index in [9.17, 15) is 0 Å². The van der Waals surface area contributed by atoms with E-state index in [2.05, 4.69) is 36.5 Å². The third-order valence-corrected chi connectivity index (χ3v) is 1.71. The summed E-state index contributed by atoms with van der Waals surface area (Å²) in [7, 11) is 0. The summed E-state index contributed by atoms with van der Waals surface area (Å²) in [4.78, 5) is 0. The zero-order valence-corrected chi connectivity index (χ0v) is 6.92. The molecular weight excluding hydrogens is 132 g/mol. The summed E-state index contributed by atoms with van der Waals surface area (Å²) in [5.74, 6) is 0. The molecule has 0 heterocycles. The van der Waals surface area contributed by atoms with Gasteiger partial charge in [-0.15, -0.1) is 0 Å². The summed E-state index contributed by atoms with van der Waals surface area (Å²) < 4.78 is 0. The molecule has 0 heteroatoms. The van der Waals surface area contributed by atoms with Gasteiger partial charge >= 0.3 is 0 Å². The van der Waals surface area contributed by atoms with Crippen molar-refractivity contribution >= 4 is 0 Å². The van der Waals surface area contributed by atoms with Gasteiger partial charge in [-0.2, -0.15) is 0 Å². The van der Waals surface area contributed by atoms with E-state index in [0.717, 1.165) is 12.8 Å². The molecule has 0 nitrogen and oxygen atoms in total. The van der Waals surface area contributed by atoms with Crippen molar-refractivity contribution in [1.82, 2.24) is 0 Å². The van der Waals surface area contributed by atoms with Crippen molar-refractivity contribution in [3.8, 4) is 0 Å². The second kappa shape index (κ2) is 5.96. The number of hydrogen-bond donors (Lipinski definition) is 0. The van der Waals surface area contributed by atoms with E-state index >= 15 is 0 Å². The van der Waals surface area contributed by atoms with Crippen molar-refractivity contribution in [1.29, 1.82) is 0 Å². The van der Waals surface area contributed by atoms with Gasteiger partial charge in [-0.1, -0.05) is 30.4 Å². The van der Waals surface area contributed by atoms with Crippen LogP contribution in [0.25, 0.3) is 0 Å². The Morgan fingerprint density at radius 2 is 1.73 bits per heavy atom. The minimum atomic E-state index is 0.980. The predicted molar refractivity (Wildman–Crippen MR) is 49.2 cm³/mol. The highest BCUT2D eigenvalue weighted by Crippen LogP contribution is 2.01. The first kappa shape index (κ1) is 8.32. The van der Waals surface area contributed by atoms with Crippen molar-refractivity contribution in [2.45, 2.75) is 32.1 Å². The highest BCUT2D eigenvalue weighted by atomic mass is 13.9. The lowest BCUT2D eigenvalue weighted by Gasteiger charge is -1.87. The average molecular weight is 147 g/mol. The molecule has 59 valence electrons. The van der Waals surface area contributed by atoms with Crippen LogP contribution in [0.4, 0.5) is 0 Å².